The molecule has 2 N–H and O–H groups in total. The summed E-state index contributed by atoms with van der Waals surface area (Å²) in [7, 11) is 4.20. The summed E-state index contributed by atoms with van der Waals surface area (Å²) in [6.45, 7) is 9.59. The normalized spacial score (nSPS) is 15.7. The van der Waals surface area contributed by atoms with Gasteiger partial charge in [-0.2, -0.15) is 0 Å². The van der Waals surface area contributed by atoms with Crippen LogP contribution in [-0.2, 0) is 0 Å². The summed E-state index contributed by atoms with van der Waals surface area (Å²) in [6.07, 6.45) is 0. The number of likely N-dealkylation sites (N-methyl/N-ethyl adjacent to an activating group) is 2. The molecule has 0 rings (SSSR count). The molecule has 0 aromatic carbocycles. The SMILES string of the molecule is CCN(CC(C)C(N)=S)C(C)CN(C)C. The lowest BCUT2D eigenvalue weighted by molar-refractivity contribution is 0.173. The van der Waals surface area contributed by atoms with Crippen molar-refractivity contribution < 1.29 is 0 Å². The van der Waals surface area contributed by atoms with Gasteiger partial charge in [-0.25, -0.2) is 0 Å². The fourth-order valence-electron chi connectivity index (χ4n) is 1.71. The molecule has 2 unspecified atom stereocenters. The third kappa shape index (κ3) is 6.07. The van der Waals surface area contributed by atoms with Crippen molar-refractivity contribution in [3.63, 3.8) is 0 Å². The van der Waals surface area contributed by atoms with Crippen molar-refractivity contribution in [3.05, 3.63) is 0 Å². The van der Waals surface area contributed by atoms with Crippen molar-refractivity contribution in [1.82, 2.24) is 9.80 Å². The second-order valence-electron chi connectivity index (χ2n) is 4.50. The molecule has 0 aromatic heterocycles. The van der Waals surface area contributed by atoms with Gasteiger partial charge in [0.2, 0.25) is 0 Å². The second kappa shape index (κ2) is 7.14. The van der Waals surface area contributed by atoms with Gasteiger partial charge in [0.1, 0.15) is 0 Å². The van der Waals surface area contributed by atoms with E-state index in [-0.39, 0.29) is 0 Å². The minimum Gasteiger partial charge on any atom is -0.393 e. The van der Waals surface area contributed by atoms with Gasteiger partial charge in [-0.1, -0.05) is 26.1 Å². The van der Waals surface area contributed by atoms with Crippen LogP contribution in [0.2, 0.25) is 0 Å². The van der Waals surface area contributed by atoms with E-state index in [1.54, 1.807) is 0 Å². The lowest BCUT2D eigenvalue weighted by atomic mass is 10.1. The van der Waals surface area contributed by atoms with E-state index in [2.05, 4.69) is 44.7 Å². The fraction of sp³-hybridized carbons (Fsp3) is 0.909. The Morgan fingerprint density at radius 1 is 1.27 bits per heavy atom. The summed E-state index contributed by atoms with van der Waals surface area (Å²) < 4.78 is 0. The Morgan fingerprint density at radius 2 is 1.80 bits per heavy atom. The van der Waals surface area contributed by atoms with E-state index >= 15 is 0 Å². The zero-order valence-corrected chi connectivity index (χ0v) is 11.5. The van der Waals surface area contributed by atoms with E-state index in [0.29, 0.717) is 16.9 Å². The Balaban J connectivity index is 4.17. The zero-order valence-electron chi connectivity index (χ0n) is 10.7. The van der Waals surface area contributed by atoms with E-state index in [0.717, 1.165) is 19.6 Å². The topological polar surface area (TPSA) is 32.5 Å². The molecular formula is C11H25N3S. The highest BCUT2D eigenvalue weighted by atomic mass is 32.1. The third-order valence-electron chi connectivity index (χ3n) is 2.65. The number of rotatable bonds is 7. The first-order valence-electron chi connectivity index (χ1n) is 5.56. The van der Waals surface area contributed by atoms with Gasteiger partial charge in [0, 0.05) is 25.0 Å². The Hall–Kier alpha value is -0.190. The van der Waals surface area contributed by atoms with Crippen molar-refractivity contribution in [3.8, 4) is 0 Å². The molecule has 0 saturated heterocycles. The minimum atomic E-state index is 0.296. The van der Waals surface area contributed by atoms with E-state index in [9.17, 15) is 0 Å². The van der Waals surface area contributed by atoms with Gasteiger partial charge < -0.3 is 10.6 Å². The summed E-state index contributed by atoms with van der Waals surface area (Å²) >= 11 is 5.00. The Labute approximate surface area is 99.6 Å². The summed E-state index contributed by atoms with van der Waals surface area (Å²) in [4.78, 5) is 5.24. The van der Waals surface area contributed by atoms with Crippen LogP contribution in [0.4, 0.5) is 0 Å². The molecule has 3 nitrogen and oxygen atoms in total. The van der Waals surface area contributed by atoms with Crippen LogP contribution in [0.25, 0.3) is 0 Å². The molecule has 2 atom stereocenters. The number of hydrogen-bond acceptors (Lipinski definition) is 3. The van der Waals surface area contributed by atoms with Gasteiger partial charge in [0.25, 0.3) is 0 Å². The molecule has 0 aromatic rings. The molecule has 0 saturated carbocycles. The van der Waals surface area contributed by atoms with Crippen molar-refractivity contribution in [1.29, 1.82) is 0 Å². The monoisotopic (exact) mass is 231 g/mol. The van der Waals surface area contributed by atoms with Gasteiger partial charge >= 0.3 is 0 Å². The van der Waals surface area contributed by atoms with E-state index < -0.39 is 0 Å². The van der Waals surface area contributed by atoms with E-state index in [1.807, 2.05) is 0 Å². The van der Waals surface area contributed by atoms with E-state index in [4.69, 9.17) is 18.0 Å². The quantitative estimate of drug-likeness (QED) is 0.667. The van der Waals surface area contributed by atoms with Gasteiger partial charge in [0.05, 0.1) is 4.99 Å². The molecule has 0 radical (unpaired) electrons. The molecule has 90 valence electrons. The van der Waals surface area contributed by atoms with Crippen molar-refractivity contribution in [2.24, 2.45) is 11.7 Å². The molecule has 0 spiro atoms. The first-order valence-corrected chi connectivity index (χ1v) is 5.97. The van der Waals surface area contributed by atoms with Crippen LogP contribution < -0.4 is 5.73 Å². The number of nitrogens with two attached hydrogens (primary N) is 1. The average molecular weight is 231 g/mol. The Morgan fingerprint density at radius 3 is 2.13 bits per heavy atom. The molecular weight excluding hydrogens is 206 g/mol. The maximum absolute atomic E-state index is 5.63. The molecule has 0 aliphatic carbocycles. The summed E-state index contributed by atoms with van der Waals surface area (Å²) in [5, 5.41) is 0. The second-order valence-corrected chi connectivity index (χ2v) is 4.97. The first-order chi connectivity index (χ1) is 6.88. The van der Waals surface area contributed by atoms with Crippen LogP contribution in [0.5, 0.6) is 0 Å². The third-order valence-corrected chi connectivity index (χ3v) is 3.06. The maximum atomic E-state index is 5.63. The van der Waals surface area contributed by atoms with Crippen LogP contribution in [0.3, 0.4) is 0 Å². The molecule has 0 fully saturated rings. The van der Waals surface area contributed by atoms with Crippen LogP contribution in [0, 0.1) is 5.92 Å². The van der Waals surface area contributed by atoms with Gasteiger partial charge in [0.15, 0.2) is 0 Å². The molecule has 0 amide bonds. The average Bonchev–Trinajstić information content (AvgIpc) is 2.11. The molecule has 0 aliphatic heterocycles. The van der Waals surface area contributed by atoms with Crippen LogP contribution >= 0.6 is 12.2 Å². The van der Waals surface area contributed by atoms with Crippen LogP contribution in [0.1, 0.15) is 20.8 Å². The zero-order chi connectivity index (χ0) is 12.0. The summed E-state index contributed by atoms with van der Waals surface area (Å²) in [5.74, 6) is 0.296. The van der Waals surface area contributed by atoms with Crippen molar-refractivity contribution in [2.75, 3.05) is 33.7 Å². The van der Waals surface area contributed by atoms with Crippen LogP contribution in [-0.4, -0.2) is 54.6 Å². The highest BCUT2D eigenvalue weighted by molar-refractivity contribution is 7.80. The number of nitrogens with zero attached hydrogens (tertiary/aromatic N) is 2. The van der Waals surface area contributed by atoms with Gasteiger partial charge in [-0.3, -0.25) is 4.90 Å². The lowest BCUT2D eigenvalue weighted by Crippen LogP contribution is -2.43. The molecule has 0 aliphatic rings. The maximum Gasteiger partial charge on any atom is 0.0768 e. The summed E-state index contributed by atoms with van der Waals surface area (Å²) in [5.41, 5.74) is 5.63. The molecule has 15 heavy (non-hydrogen) atoms. The minimum absolute atomic E-state index is 0.296. The Bertz CT molecular complexity index is 194. The number of hydrogen-bond donors (Lipinski definition) is 1. The van der Waals surface area contributed by atoms with E-state index in [1.165, 1.54) is 0 Å². The highest BCUT2D eigenvalue weighted by Crippen LogP contribution is 2.06. The van der Waals surface area contributed by atoms with Crippen LogP contribution in [0.15, 0.2) is 0 Å². The summed E-state index contributed by atoms with van der Waals surface area (Å²) in [6, 6.07) is 0.543. The fourth-order valence-corrected chi connectivity index (χ4v) is 1.78. The smallest absolute Gasteiger partial charge is 0.0768 e. The van der Waals surface area contributed by atoms with Crippen molar-refractivity contribution >= 4 is 17.2 Å². The number of thiocarbonyl (C=S) groups is 1. The largest absolute Gasteiger partial charge is 0.393 e. The van der Waals surface area contributed by atoms with Gasteiger partial charge in [-0.15, -0.1) is 0 Å². The standard InChI is InChI=1S/C11H25N3S/c1-6-14(7-9(2)11(12)15)10(3)8-13(4)5/h9-10H,6-8H2,1-5H3,(H2,12,15). The van der Waals surface area contributed by atoms with Gasteiger partial charge in [-0.05, 0) is 27.6 Å². The lowest BCUT2D eigenvalue weighted by Gasteiger charge is -2.31. The molecule has 4 heteroatoms. The Kier molecular flexibility index (Phi) is 7.05. The predicted molar refractivity (Wildman–Crippen MR) is 71.2 cm³/mol. The molecule has 0 heterocycles. The van der Waals surface area contributed by atoms with Crippen molar-refractivity contribution in [2.45, 2.75) is 26.8 Å². The highest BCUT2D eigenvalue weighted by Gasteiger charge is 2.16. The molecule has 0 bridgehead atoms. The predicted octanol–water partition coefficient (Wildman–Crippen LogP) is 1.18. The first kappa shape index (κ1) is 14.8.